The maximum Gasteiger partial charge on any atom is 0.161 e. The molecular weight excluding hydrogens is 302 g/mol. The normalized spacial score (nSPS) is 14.7. The third-order valence-corrected chi connectivity index (χ3v) is 4.16. The van der Waals surface area contributed by atoms with Gasteiger partial charge in [0.15, 0.2) is 5.82 Å². The van der Waals surface area contributed by atoms with Gasteiger partial charge in [0.1, 0.15) is 5.82 Å². The standard InChI is InChI=1S/C15H16BrN3/c1-8-5-9(2)7-11(6-8)15-18-13(10-3-4-10)12(16)14(17)19-15/h5-7,10H,3-4H2,1-2H3,(H2,17,18,19). The fraction of sp³-hybridized carbons (Fsp3) is 0.333. The van der Waals surface area contributed by atoms with E-state index in [-0.39, 0.29) is 0 Å². The number of aryl methyl sites for hydroxylation is 2. The van der Waals surface area contributed by atoms with Crippen LogP contribution >= 0.6 is 15.9 Å². The number of hydrogen-bond donors (Lipinski definition) is 1. The number of nitrogens with zero attached hydrogens (tertiary/aromatic N) is 2. The number of anilines is 1. The molecule has 1 heterocycles. The summed E-state index contributed by atoms with van der Waals surface area (Å²) in [7, 11) is 0. The summed E-state index contributed by atoms with van der Waals surface area (Å²) in [5, 5.41) is 0. The van der Waals surface area contributed by atoms with Crippen LogP contribution in [0.15, 0.2) is 22.7 Å². The molecule has 98 valence electrons. The first-order valence-electron chi connectivity index (χ1n) is 6.46. The highest BCUT2D eigenvalue weighted by atomic mass is 79.9. The molecule has 1 saturated carbocycles. The van der Waals surface area contributed by atoms with Gasteiger partial charge in [-0.1, -0.05) is 17.2 Å². The lowest BCUT2D eigenvalue weighted by Crippen LogP contribution is -2.02. The molecule has 3 rings (SSSR count). The lowest BCUT2D eigenvalue weighted by molar-refractivity contribution is 0.984. The Morgan fingerprint density at radius 1 is 1.11 bits per heavy atom. The van der Waals surface area contributed by atoms with Crippen LogP contribution in [0.5, 0.6) is 0 Å². The van der Waals surface area contributed by atoms with E-state index in [1.807, 2.05) is 0 Å². The first-order valence-corrected chi connectivity index (χ1v) is 7.25. The van der Waals surface area contributed by atoms with Crippen LogP contribution in [0, 0.1) is 13.8 Å². The monoisotopic (exact) mass is 317 g/mol. The lowest BCUT2D eigenvalue weighted by Gasteiger charge is -2.09. The molecule has 19 heavy (non-hydrogen) atoms. The van der Waals surface area contributed by atoms with Gasteiger partial charge in [-0.05, 0) is 54.8 Å². The van der Waals surface area contributed by atoms with E-state index in [4.69, 9.17) is 10.7 Å². The maximum absolute atomic E-state index is 6.00. The Kier molecular flexibility index (Phi) is 3.05. The van der Waals surface area contributed by atoms with Gasteiger partial charge in [-0.25, -0.2) is 9.97 Å². The largest absolute Gasteiger partial charge is 0.383 e. The van der Waals surface area contributed by atoms with E-state index >= 15 is 0 Å². The minimum atomic E-state index is 0.533. The van der Waals surface area contributed by atoms with Crippen molar-refractivity contribution in [2.75, 3.05) is 5.73 Å². The molecule has 1 aromatic carbocycles. The zero-order chi connectivity index (χ0) is 13.6. The van der Waals surface area contributed by atoms with Gasteiger partial charge in [0, 0.05) is 11.5 Å². The van der Waals surface area contributed by atoms with Crippen LogP contribution in [-0.2, 0) is 0 Å². The van der Waals surface area contributed by atoms with Crippen molar-refractivity contribution in [2.24, 2.45) is 0 Å². The molecule has 1 aliphatic carbocycles. The van der Waals surface area contributed by atoms with Crippen molar-refractivity contribution in [3.05, 3.63) is 39.5 Å². The molecule has 0 unspecified atom stereocenters. The van der Waals surface area contributed by atoms with Crippen molar-refractivity contribution in [2.45, 2.75) is 32.6 Å². The molecule has 4 heteroatoms. The van der Waals surface area contributed by atoms with Gasteiger partial charge >= 0.3 is 0 Å². The Hall–Kier alpha value is -1.42. The second-order valence-corrected chi connectivity index (χ2v) is 6.08. The number of nitrogens with two attached hydrogens (primary N) is 1. The Bertz CT molecular complexity index is 628. The quantitative estimate of drug-likeness (QED) is 0.911. The molecule has 2 aromatic rings. The Labute approximate surface area is 121 Å². The number of benzene rings is 1. The van der Waals surface area contributed by atoms with Gasteiger partial charge < -0.3 is 5.73 Å². The number of nitrogen functional groups attached to an aromatic ring is 1. The molecule has 0 atom stereocenters. The van der Waals surface area contributed by atoms with E-state index in [1.165, 1.54) is 24.0 Å². The summed E-state index contributed by atoms with van der Waals surface area (Å²) in [6.07, 6.45) is 2.39. The van der Waals surface area contributed by atoms with Crippen LogP contribution in [0.4, 0.5) is 5.82 Å². The van der Waals surface area contributed by atoms with Gasteiger partial charge in [-0.2, -0.15) is 0 Å². The van der Waals surface area contributed by atoms with E-state index in [9.17, 15) is 0 Å². The molecule has 0 radical (unpaired) electrons. The van der Waals surface area contributed by atoms with Crippen molar-refractivity contribution in [3.63, 3.8) is 0 Å². The molecule has 0 spiro atoms. The van der Waals surface area contributed by atoms with Crippen LogP contribution in [0.1, 0.15) is 35.6 Å². The van der Waals surface area contributed by atoms with Gasteiger partial charge in [-0.15, -0.1) is 0 Å². The molecule has 0 saturated heterocycles. The van der Waals surface area contributed by atoms with Gasteiger partial charge in [0.05, 0.1) is 10.2 Å². The Morgan fingerprint density at radius 3 is 2.32 bits per heavy atom. The predicted octanol–water partition coefficient (Wildman–Crippen LogP) is 3.98. The van der Waals surface area contributed by atoms with Crippen molar-refractivity contribution >= 4 is 21.7 Å². The Morgan fingerprint density at radius 2 is 1.74 bits per heavy atom. The number of aromatic nitrogens is 2. The van der Waals surface area contributed by atoms with Crippen molar-refractivity contribution in [3.8, 4) is 11.4 Å². The molecule has 1 aliphatic rings. The fourth-order valence-electron chi connectivity index (χ4n) is 2.34. The van der Waals surface area contributed by atoms with Crippen molar-refractivity contribution in [1.29, 1.82) is 0 Å². The van der Waals surface area contributed by atoms with Gasteiger partial charge in [0.25, 0.3) is 0 Å². The zero-order valence-electron chi connectivity index (χ0n) is 11.1. The van der Waals surface area contributed by atoms with Crippen LogP contribution in [0.2, 0.25) is 0 Å². The second-order valence-electron chi connectivity index (χ2n) is 5.28. The molecular formula is C15H16BrN3. The van der Waals surface area contributed by atoms with Crippen LogP contribution < -0.4 is 5.73 Å². The summed E-state index contributed by atoms with van der Waals surface area (Å²) in [6, 6.07) is 6.35. The molecule has 2 N–H and O–H groups in total. The first-order chi connectivity index (χ1) is 9.04. The Balaban J connectivity index is 2.14. The molecule has 1 aromatic heterocycles. The van der Waals surface area contributed by atoms with E-state index < -0.39 is 0 Å². The fourth-order valence-corrected chi connectivity index (χ4v) is 2.84. The summed E-state index contributed by atoms with van der Waals surface area (Å²) < 4.78 is 0.864. The summed E-state index contributed by atoms with van der Waals surface area (Å²) in [5.74, 6) is 1.81. The highest BCUT2D eigenvalue weighted by Crippen LogP contribution is 2.44. The average molecular weight is 318 g/mol. The molecule has 0 aliphatic heterocycles. The van der Waals surface area contributed by atoms with Gasteiger partial charge in [-0.3, -0.25) is 0 Å². The van der Waals surface area contributed by atoms with Crippen molar-refractivity contribution < 1.29 is 0 Å². The predicted molar refractivity (Wildman–Crippen MR) is 81.0 cm³/mol. The minimum Gasteiger partial charge on any atom is -0.383 e. The third-order valence-electron chi connectivity index (χ3n) is 3.35. The second kappa shape index (κ2) is 4.60. The molecule has 3 nitrogen and oxygen atoms in total. The van der Waals surface area contributed by atoms with Crippen molar-refractivity contribution in [1.82, 2.24) is 9.97 Å². The number of halogens is 1. The van der Waals surface area contributed by atoms with E-state index in [1.54, 1.807) is 0 Å². The van der Waals surface area contributed by atoms with Crippen LogP contribution in [0.3, 0.4) is 0 Å². The highest BCUT2D eigenvalue weighted by molar-refractivity contribution is 9.10. The average Bonchev–Trinajstić information content (AvgIpc) is 3.15. The third kappa shape index (κ3) is 2.50. The minimum absolute atomic E-state index is 0.533. The zero-order valence-corrected chi connectivity index (χ0v) is 12.7. The first kappa shape index (κ1) is 12.6. The summed E-state index contributed by atoms with van der Waals surface area (Å²) >= 11 is 3.51. The highest BCUT2D eigenvalue weighted by Gasteiger charge is 2.29. The summed E-state index contributed by atoms with van der Waals surface area (Å²) in [4.78, 5) is 9.13. The molecule has 1 fully saturated rings. The van der Waals surface area contributed by atoms with E-state index in [2.05, 4.69) is 53.0 Å². The molecule has 0 bridgehead atoms. The summed E-state index contributed by atoms with van der Waals surface area (Å²) in [5.41, 5.74) is 10.5. The van der Waals surface area contributed by atoms with E-state index in [0.717, 1.165) is 21.6 Å². The lowest BCUT2D eigenvalue weighted by atomic mass is 10.1. The maximum atomic E-state index is 6.00. The van der Waals surface area contributed by atoms with E-state index in [0.29, 0.717) is 11.7 Å². The molecule has 0 amide bonds. The smallest absolute Gasteiger partial charge is 0.161 e. The van der Waals surface area contributed by atoms with Crippen LogP contribution in [0.25, 0.3) is 11.4 Å². The number of rotatable bonds is 2. The SMILES string of the molecule is Cc1cc(C)cc(-c2nc(N)c(Br)c(C3CC3)n2)c1. The number of hydrogen-bond acceptors (Lipinski definition) is 3. The topological polar surface area (TPSA) is 51.8 Å². The van der Waals surface area contributed by atoms with Crippen LogP contribution in [-0.4, -0.2) is 9.97 Å². The summed E-state index contributed by atoms with van der Waals surface area (Å²) in [6.45, 7) is 4.17. The van der Waals surface area contributed by atoms with Gasteiger partial charge in [0.2, 0.25) is 0 Å².